The highest BCUT2D eigenvalue weighted by Gasteiger charge is 2.36. The summed E-state index contributed by atoms with van der Waals surface area (Å²) >= 11 is 0. The summed E-state index contributed by atoms with van der Waals surface area (Å²) in [6.45, 7) is 12.6. The lowest BCUT2D eigenvalue weighted by molar-refractivity contribution is 0.0527. The number of rotatable bonds is 9. The molecule has 0 saturated heterocycles. The molecule has 0 aliphatic rings. The summed E-state index contributed by atoms with van der Waals surface area (Å²) in [5.74, 6) is 0. The van der Waals surface area contributed by atoms with Gasteiger partial charge in [0.05, 0.1) is 12.2 Å². The molecule has 8 nitrogen and oxygen atoms in total. The van der Waals surface area contributed by atoms with E-state index in [9.17, 15) is 14.2 Å². The monoisotopic (exact) mass is 366 g/mol. The van der Waals surface area contributed by atoms with E-state index >= 15 is 0 Å². The molecule has 0 aromatic rings. The molecule has 2 N–H and O–H groups in total. The van der Waals surface area contributed by atoms with Gasteiger partial charge >= 0.3 is 19.3 Å². The lowest BCUT2D eigenvalue weighted by atomic mass is 10.2. The molecule has 24 heavy (non-hydrogen) atoms. The average molecular weight is 366 g/mol. The molecule has 0 atom stereocenters. The standard InChI is InChI=1S/C15H31N2O6P/c1-11(2)22-24(20,23-12(3)4)14(19)17-10-8-9-16-13(18)21-15(5,6)7/h11-12H,8-10H2,1-7H3,(H,16,18)(H,17,19). The molecule has 0 bridgehead atoms. The number of carbonyl (C=O) groups is 2. The van der Waals surface area contributed by atoms with Gasteiger partial charge in [-0.05, 0) is 54.9 Å². The fourth-order valence-electron chi connectivity index (χ4n) is 1.56. The average Bonchev–Trinajstić information content (AvgIpc) is 2.33. The second kappa shape index (κ2) is 10.0. The Morgan fingerprint density at radius 2 is 1.42 bits per heavy atom. The summed E-state index contributed by atoms with van der Waals surface area (Å²) in [7, 11) is -3.88. The van der Waals surface area contributed by atoms with Crippen molar-refractivity contribution in [1.29, 1.82) is 0 Å². The van der Waals surface area contributed by atoms with E-state index in [1.165, 1.54) is 0 Å². The molecule has 9 heteroatoms. The van der Waals surface area contributed by atoms with E-state index in [1.807, 2.05) is 0 Å². The SMILES string of the molecule is CC(C)OP(=O)(OC(C)C)C(=O)NCCCNC(=O)OC(C)(C)C. The fourth-order valence-corrected chi connectivity index (χ4v) is 3.22. The zero-order valence-electron chi connectivity index (χ0n) is 15.7. The lowest BCUT2D eigenvalue weighted by Gasteiger charge is -2.22. The second-order valence-electron chi connectivity index (χ2n) is 6.82. The summed E-state index contributed by atoms with van der Waals surface area (Å²) < 4.78 is 28.0. The van der Waals surface area contributed by atoms with E-state index in [0.29, 0.717) is 13.0 Å². The number of amides is 2. The maximum Gasteiger partial charge on any atom is 0.418 e. The van der Waals surface area contributed by atoms with Crippen LogP contribution in [-0.2, 0) is 18.3 Å². The third kappa shape index (κ3) is 10.6. The van der Waals surface area contributed by atoms with Crippen LogP contribution in [0.25, 0.3) is 0 Å². The van der Waals surface area contributed by atoms with Crippen molar-refractivity contribution in [2.45, 2.75) is 72.7 Å². The molecule has 0 spiro atoms. The van der Waals surface area contributed by atoms with Crippen molar-refractivity contribution in [1.82, 2.24) is 10.6 Å². The number of ether oxygens (including phenoxy) is 1. The van der Waals surface area contributed by atoms with E-state index in [0.717, 1.165) is 0 Å². The number of hydrogen-bond donors (Lipinski definition) is 2. The van der Waals surface area contributed by atoms with Gasteiger partial charge in [0, 0.05) is 13.1 Å². The number of alkyl carbamates (subject to hydrolysis) is 1. The maximum atomic E-state index is 12.5. The van der Waals surface area contributed by atoms with Gasteiger partial charge in [0.1, 0.15) is 5.60 Å². The highest BCUT2D eigenvalue weighted by atomic mass is 31.2. The molecule has 0 aromatic carbocycles. The summed E-state index contributed by atoms with van der Waals surface area (Å²) in [4.78, 5) is 23.5. The van der Waals surface area contributed by atoms with Gasteiger partial charge in [-0.3, -0.25) is 13.8 Å². The van der Waals surface area contributed by atoms with Crippen LogP contribution in [0.1, 0.15) is 54.9 Å². The van der Waals surface area contributed by atoms with Crippen LogP contribution >= 0.6 is 7.60 Å². The molecule has 0 rings (SSSR count). The van der Waals surface area contributed by atoms with Crippen molar-refractivity contribution >= 4 is 19.3 Å². The molecule has 142 valence electrons. The Bertz CT molecular complexity index is 445. The minimum Gasteiger partial charge on any atom is -0.444 e. The smallest absolute Gasteiger partial charge is 0.418 e. The van der Waals surface area contributed by atoms with Gasteiger partial charge in [-0.2, -0.15) is 0 Å². The second-order valence-corrected chi connectivity index (χ2v) is 8.64. The van der Waals surface area contributed by atoms with Crippen LogP contribution in [0.15, 0.2) is 0 Å². The largest absolute Gasteiger partial charge is 0.444 e. The van der Waals surface area contributed by atoms with E-state index in [1.54, 1.807) is 48.5 Å². The van der Waals surface area contributed by atoms with Gasteiger partial charge in [-0.25, -0.2) is 9.36 Å². The predicted molar refractivity (Wildman–Crippen MR) is 92.3 cm³/mol. The van der Waals surface area contributed by atoms with Gasteiger partial charge in [0.25, 0.3) is 0 Å². The van der Waals surface area contributed by atoms with Crippen molar-refractivity contribution in [2.24, 2.45) is 0 Å². The Morgan fingerprint density at radius 3 is 1.83 bits per heavy atom. The Hall–Kier alpha value is -1.11. The van der Waals surface area contributed by atoms with Gasteiger partial charge in [0.2, 0.25) is 0 Å². The Balaban J connectivity index is 4.26. The van der Waals surface area contributed by atoms with Crippen molar-refractivity contribution in [3.63, 3.8) is 0 Å². The van der Waals surface area contributed by atoms with E-state index in [2.05, 4.69) is 10.6 Å². The third-order valence-electron chi connectivity index (χ3n) is 2.25. The highest BCUT2D eigenvalue weighted by molar-refractivity contribution is 7.71. The molecule has 0 heterocycles. The van der Waals surface area contributed by atoms with Crippen LogP contribution in [0.5, 0.6) is 0 Å². The normalized spacial score (nSPS) is 12.4. The summed E-state index contributed by atoms with van der Waals surface area (Å²) in [5, 5.41) is 5.08. The first-order valence-electron chi connectivity index (χ1n) is 8.08. The van der Waals surface area contributed by atoms with Crippen molar-refractivity contribution < 1.29 is 27.9 Å². The summed E-state index contributed by atoms with van der Waals surface area (Å²) in [6, 6.07) is 0. The van der Waals surface area contributed by atoms with Crippen molar-refractivity contribution in [2.75, 3.05) is 13.1 Å². The number of carbonyl (C=O) groups excluding carboxylic acids is 2. The predicted octanol–water partition coefficient (Wildman–Crippen LogP) is 3.65. The van der Waals surface area contributed by atoms with Crippen LogP contribution in [0.3, 0.4) is 0 Å². The molecule has 0 saturated carbocycles. The third-order valence-corrected chi connectivity index (χ3v) is 4.30. The summed E-state index contributed by atoms with van der Waals surface area (Å²) in [5.41, 5.74) is -1.34. The van der Waals surface area contributed by atoms with E-state index in [4.69, 9.17) is 13.8 Å². The van der Waals surface area contributed by atoms with Crippen molar-refractivity contribution in [3.8, 4) is 0 Å². The molecule has 0 radical (unpaired) electrons. The Kier molecular flexibility index (Phi) is 9.55. The topological polar surface area (TPSA) is 103 Å². The molecule has 2 amide bonds. The first kappa shape index (κ1) is 22.9. The Morgan fingerprint density at radius 1 is 0.958 bits per heavy atom. The zero-order valence-corrected chi connectivity index (χ0v) is 16.6. The van der Waals surface area contributed by atoms with E-state index in [-0.39, 0.29) is 6.54 Å². The first-order chi connectivity index (χ1) is 10.9. The molecule has 0 aliphatic carbocycles. The molecular formula is C15H31N2O6P. The quantitative estimate of drug-likeness (QED) is 0.477. The maximum absolute atomic E-state index is 12.5. The van der Waals surface area contributed by atoms with Gasteiger partial charge in [-0.1, -0.05) is 0 Å². The van der Waals surface area contributed by atoms with Crippen LogP contribution in [0.4, 0.5) is 9.59 Å². The summed E-state index contributed by atoms with van der Waals surface area (Å²) in [6.07, 6.45) is -0.886. The molecular weight excluding hydrogens is 335 g/mol. The highest BCUT2D eigenvalue weighted by Crippen LogP contribution is 2.51. The van der Waals surface area contributed by atoms with Crippen molar-refractivity contribution in [3.05, 3.63) is 0 Å². The Labute approximate surface area is 144 Å². The van der Waals surface area contributed by atoms with Crippen LogP contribution in [-0.4, -0.2) is 42.6 Å². The molecule has 0 aromatic heterocycles. The first-order valence-corrected chi connectivity index (χ1v) is 9.62. The lowest BCUT2D eigenvalue weighted by Crippen LogP contribution is -2.34. The number of nitrogens with one attached hydrogen (secondary N) is 2. The van der Waals surface area contributed by atoms with E-state index < -0.39 is 37.1 Å². The van der Waals surface area contributed by atoms with Gasteiger partial charge < -0.3 is 15.4 Å². The van der Waals surface area contributed by atoms with Gasteiger partial charge in [0.15, 0.2) is 0 Å². The minimum absolute atomic E-state index is 0.224. The van der Waals surface area contributed by atoms with Crippen LogP contribution in [0.2, 0.25) is 0 Å². The minimum atomic E-state index is -3.88. The molecule has 0 unspecified atom stereocenters. The molecule has 0 aliphatic heterocycles. The molecule has 0 fully saturated rings. The zero-order chi connectivity index (χ0) is 19.0. The fraction of sp³-hybridized carbons (Fsp3) is 0.867. The van der Waals surface area contributed by atoms with Crippen LogP contribution in [0, 0.1) is 0 Å². The van der Waals surface area contributed by atoms with Gasteiger partial charge in [-0.15, -0.1) is 0 Å². The van der Waals surface area contributed by atoms with Crippen LogP contribution < -0.4 is 10.6 Å². The number of hydrogen-bond acceptors (Lipinski definition) is 6.